The lowest BCUT2D eigenvalue weighted by Gasteiger charge is -2.33. The van der Waals surface area contributed by atoms with Crippen molar-refractivity contribution in [2.24, 2.45) is 0 Å². The molecule has 100 valence electrons. The molecule has 2 rings (SSSR count). The van der Waals surface area contributed by atoms with Gasteiger partial charge in [-0.2, -0.15) is 0 Å². The molecule has 1 aliphatic rings. The summed E-state index contributed by atoms with van der Waals surface area (Å²) in [4.78, 5) is 2.46. The van der Waals surface area contributed by atoms with Gasteiger partial charge in [0.1, 0.15) is 5.75 Å². The molecule has 0 spiro atoms. The Balaban J connectivity index is 2.21. The van der Waals surface area contributed by atoms with E-state index in [0.717, 1.165) is 37.0 Å². The number of hydrogen-bond acceptors (Lipinski definition) is 3. The first kappa shape index (κ1) is 13.7. The number of ether oxygens (including phenoxy) is 1. The molecule has 18 heavy (non-hydrogen) atoms. The molecule has 1 fully saturated rings. The summed E-state index contributed by atoms with van der Waals surface area (Å²) < 4.78 is 5.70. The quantitative estimate of drug-likeness (QED) is 0.909. The fourth-order valence-corrected chi connectivity index (χ4v) is 2.58. The van der Waals surface area contributed by atoms with Crippen LogP contribution in [-0.2, 0) is 0 Å². The van der Waals surface area contributed by atoms with Crippen LogP contribution in [0.1, 0.15) is 25.5 Å². The van der Waals surface area contributed by atoms with Gasteiger partial charge in [0.25, 0.3) is 0 Å². The molecular weight excluding hydrogens is 248 g/mol. The summed E-state index contributed by atoms with van der Waals surface area (Å²) in [5, 5.41) is 4.15. The molecule has 0 saturated carbocycles. The molecule has 0 aliphatic carbocycles. The second kappa shape index (κ2) is 6.41. The van der Waals surface area contributed by atoms with Crippen molar-refractivity contribution >= 4 is 11.6 Å². The monoisotopic (exact) mass is 268 g/mol. The number of benzene rings is 1. The Kier molecular flexibility index (Phi) is 4.87. The van der Waals surface area contributed by atoms with Gasteiger partial charge in [-0.15, -0.1) is 0 Å². The molecule has 1 atom stereocenters. The summed E-state index contributed by atoms with van der Waals surface area (Å²) in [6.07, 6.45) is 0. The highest BCUT2D eigenvalue weighted by Gasteiger charge is 2.21. The topological polar surface area (TPSA) is 24.5 Å². The number of nitrogens with zero attached hydrogens (tertiary/aromatic N) is 1. The van der Waals surface area contributed by atoms with Crippen LogP contribution in [0.3, 0.4) is 0 Å². The van der Waals surface area contributed by atoms with E-state index in [-0.39, 0.29) is 0 Å². The van der Waals surface area contributed by atoms with E-state index in [1.807, 2.05) is 25.1 Å². The molecule has 1 N–H and O–H groups in total. The van der Waals surface area contributed by atoms with Crippen LogP contribution < -0.4 is 10.1 Å². The van der Waals surface area contributed by atoms with Gasteiger partial charge >= 0.3 is 0 Å². The summed E-state index contributed by atoms with van der Waals surface area (Å²) in [5.74, 6) is 0.952. The summed E-state index contributed by atoms with van der Waals surface area (Å²) >= 11 is 6.11. The largest absolute Gasteiger partial charge is 0.494 e. The highest BCUT2D eigenvalue weighted by Crippen LogP contribution is 2.31. The summed E-state index contributed by atoms with van der Waals surface area (Å²) in [5.41, 5.74) is 1.19. The van der Waals surface area contributed by atoms with E-state index >= 15 is 0 Å². The Labute approximate surface area is 114 Å². The third-order valence-electron chi connectivity index (χ3n) is 3.42. The van der Waals surface area contributed by atoms with Gasteiger partial charge < -0.3 is 10.1 Å². The van der Waals surface area contributed by atoms with Crippen LogP contribution in [-0.4, -0.2) is 37.7 Å². The summed E-state index contributed by atoms with van der Waals surface area (Å²) in [7, 11) is 0. The van der Waals surface area contributed by atoms with Gasteiger partial charge in [0.05, 0.1) is 6.61 Å². The zero-order valence-electron chi connectivity index (χ0n) is 11.1. The van der Waals surface area contributed by atoms with Crippen LogP contribution in [0, 0.1) is 0 Å². The summed E-state index contributed by atoms with van der Waals surface area (Å²) in [6.45, 7) is 9.15. The number of hydrogen-bond donors (Lipinski definition) is 1. The van der Waals surface area contributed by atoms with Crippen molar-refractivity contribution in [1.82, 2.24) is 10.2 Å². The molecule has 0 radical (unpaired) electrons. The Morgan fingerprint density at radius 1 is 1.39 bits per heavy atom. The van der Waals surface area contributed by atoms with Crippen LogP contribution in [0.25, 0.3) is 0 Å². The van der Waals surface area contributed by atoms with Gasteiger partial charge in [0, 0.05) is 42.8 Å². The van der Waals surface area contributed by atoms with Crippen LogP contribution >= 0.6 is 11.6 Å². The van der Waals surface area contributed by atoms with Crippen molar-refractivity contribution in [3.05, 3.63) is 28.8 Å². The normalized spacial score (nSPS) is 18.6. The maximum absolute atomic E-state index is 6.11. The van der Waals surface area contributed by atoms with Gasteiger partial charge in [0.2, 0.25) is 0 Å². The predicted octanol–water partition coefficient (Wildman–Crippen LogP) is 2.70. The van der Waals surface area contributed by atoms with E-state index in [1.54, 1.807) is 0 Å². The number of nitrogens with one attached hydrogen (secondary N) is 1. The van der Waals surface area contributed by atoms with E-state index in [9.17, 15) is 0 Å². The minimum absolute atomic E-state index is 0.340. The van der Waals surface area contributed by atoms with Crippen LogP contribution in [0.5, 0.6) is 5.75 Å². The lowest BCUT2D eigenvalue weighted by Crippen LogP contribution is -2.44. The molecule has 1 aliphatic heterocycles. The van der Waals surface area contributed by atoms with Gasteiger partial charge in [-0.3, -0.25) is 4.90 Å². The minimum atomic E-state index is 0.340. The zero-order chi connectivity index (χ0) is 13.0. The van der Waals surface area contributed by atoms with E-state index < -0.39 is 0 Å². The molecule has 1 aromatic carbocycles. The van der Waals surface area contributed by atoms with Crippen molar-refractivity contribution in [1.29, 1.82) is 0 Å². The van der Waals surface area contributed by atoms with Gasteiger partial charge in [0.15, 0.2) is 0 Å². The first-order valence-corrected chi connectivity index (χ1v) is 6.97. The molecular formula is C14H21ClN2O. The second-order valence-corrected chi connectivity index (χ2v) is 5.01. The Hall–Kier alpha value is -0.770. The molecule has 1 saturated heterocycles. The first-order valence-electron chi connectivity index (χ1n) is 6.59. The SMILES string of the molecule is CCOc1ccc(Cl)cc1C(C)N1CCNCC1. The smallest absolute Gasteiger partial charge is 0.124 e. The minimum Gasteiger partial charge on any atom is -0.494 e. The average molecular weight is 269 g/mol. The van der Waals surface area contributed by atoms with Gasteiger partial charge in [-0.1, -0.05) is 11.6 Å². The lowest BCUT2D eigenvalue weighted by molar-refractivity contribution is 0.181. The van der Waals surface area contributed by atoms with E-state index in [2.05, 4.69) is 17.1 Å². The number of halogens is 1. The average Bonchev–Trinajstić information content (AvgIpc) is 2.41. The van der Waals surface area contributed by atoms with Crippen LogP contribution in [0.15, 0.2) is 18.2 Å². The molecule has 0 bridgehead atoms. The highest BCUT2D eigenvalue weighted by molar-refractivity contribution is 6.30. The Bertz CT molecular complexity index is 391. The number of rotatable bonds is 4. The molecule has 1 aromatic rings. The first-order chi connectivity index (χ1) is 8.72. The Morgan fingerprint density at radius 3 is 2.78 bits per heavy atom. The lowest BCUT2D eigenvalue weighted by atomic mass is 10.0. The van der Waals surface area contributed by atoms with Gasteiger partial charge in [-0.25, -0.2) is 0 Å². The standard InChI is InChI=1S/C14H21ClN2O/c1-3-18-14-5-4-12(15)10-13(14)11(2)17-8-6-16-7-9-17/h4-5,10-11,16H,3,6-9H2,1-2H3. The summed E-state index contributed by atoms with van der Waals surface area (Å²) in [6, 6.07) is 6.23. The molecule has 4 heteroatoms. The molecule has 0 aromatic heterocycles. The highest BCUT2D eigenvalue weighted by atomic mass is 35.5. The zero-order valence-corrected chi connectivity index (χ0v) is 11.8. The van der Waals surface area contributed by atoms with Crippen molar-refractivity contribution in [2.45, 2.75) is 19.9 Å². The van der Waals surface area contributed by atoms with Crippen molar-refractivity contribution < 1.29 is 4.74 Å². The third-order valence-corrected chi connectivity index (χ3v) is 3.66. The van der Waals surface area contributed by atoms with Crippen LogP contribution in [0.4, 0.5) is 0 Å². The molecule has 3 nitrogen and oxygen atoms in total. The molecule has 0 amide bonds. The molecule has 1 heterocycles. The second-order valence-electron chi connectivity index (χ2n) is 4.58. The fourth-order valence-electron chi connectivity index (χ4n) is 2.40. The van der Waals surface area contributed by atoms with Gasteiger partial charge in [-0.05, 0) is 32.0 Å². The Morgan fingerprint density at radius 2 is 2.11 bits per heavy atom. The van der Waals surface area contributed by atoms with Crippen molar-refractivity contribution in [2.75, 3.05) is 32.8 Å². The third kappa shape index (κ3) is 3.16. The maximum atomic E-state index is 6.11. The molecule has 1 unspecified atom stereocenters. The maximum Gasteiger partial charge on any atom is 0.124 e. The predicted molar refractivity (Wildman–Crippen MR) is 75.5 cm³/mol. The number of piperazine rings is 1. The van der Waals surface area contributed by atoms with Crippen molar-refractivity contribution in [3.63, 3.8) is 0 Å². The van der Waals surface area contributed by atoms with Crippen molar-refractivity contribution in [3.8, 4) is 5.75 Å². The van der Waals surface area contributed by atoms with E-state index in [4.69, 9.17) is 16.3 Å². The van der Waals surface area contributed by atoms with E-state index in [1.165, 1.54) is 5.56 Å². The fraction of sp³-hybridized carbons (Fsp3) is 0.571. The van der Waals surface area contributed by atoms with E-state index in [0.29, 0.717) is 12.6 Å². The van der Waals surface area contributed by atoms with Crippen LogP contribution in [0.2, 0.25) is 5.02 Å².